The van der Waals surface area contributed by atoms with E-state index in [-0.39, 0.29) is 0 Å². The topological polar surface area (TPSA) is 16.1 Å². The fraction of sp³-hybridized carbons (Fsp3) is 0.545. The smallest absolute Gasteiger partial charge is 0.129 e. The molecule has 1 aromatic rings. The second-order valence-electron chi connectivity index (χ2n) is 3.32. The van der Waals surface area contributed by atoms with Gasteiger partial charge in [-0.05, 0) is 31.6 Å². The van der Waals surface area contributed by atoms with Gasteiger partial charge in [-0.15, -0.1) is 0 Å². The molecule has 78 valence electrons. The number of aromatic nitrogens is 1. The van der Waals surface area contributed by atoms with Crippen LogP contribution >= 0.6 is 11.6 Å². The number of rotatable bonds is 5. The maximum Gasteiger partial charge on any atom is 0.129 e. The minimum absolute atomic E-state index is 0.579. The van der Waals surface area contributed by atoms with Crippen molar-refractivity contribution in [1.29, 1.82) is 0 Å². The molecule has 2 nitrogen and oxygen atoms in total. The van der Waals surface area contributed by atoms with Crippen molar-refractivity contribution in [2.24, 2.45) is 0 Å². The Labute approximate surface area is 90.9 Å². The van der Waals surface area contributed by atoms with Gasteiger partial charge in [-0.3, -0.25) is 4.90 Å². The fourth-order valence-electron chi connectivity index (χ4n) is 1.43. The van der Waals surface area contributed by atoms with Crippen LogP contribution in [0.1, 0.15) is 26.0 Å². The summed E-state index contributed by atoms with van der Waals surface area (Å²) in [5, 5.41) is 0.579. The normalized spacial score (nSPS) is 10.9. The van der Waals surface area contributed by atoms with Crippen LogP contribution in [0.15, 0.2) is 18.2 Å². The van der Waals surface area contributed by atoms with Crippen LogP contribution in [-0.4, -0.2) is 23.0 Å². The summed E-state index contributed by atoms with van der Waals surface area (Å²) in [7, 11) is 0. The van der Waals surface area contributed by atoms with E-state index in [4.69, 9.17) is 11.6 Å². The van der Waals surface area contributed by atoms with Crippen molar-refractivity contribution in [2.45, 2.75) is 26.8 Å². The molecule has 3 heteroatoms. The van der Waals surface area contributed by atoms with Crippen molar-refractivity contribution >= 4 is 11.6 Å². The Balaban J connectivity index is 2.57. The zero-order chi connectivity index (χ0) is 10.4. The van der Waals surface area contributed by atoms with Crippen LogP contribution in [0.2, 0.25) is 5.15 Å². The summed E-state index contributed by atoms with van der Waals surface area (Å²) < 4.78 is 0. The maximum atomic E-state index is 5.82. The molecule has 0 aliphatic heterocycles. The Morgan fingerprint density at radius 1 is 1.36 bits per heavy atom. The van der Waals surface area contributed by atoms with E-state index in [1.54, 1.807) is 6.07 Å². The zero-order valence-corrected chi connectivity index (χ0v) is 9.59. The first-order chi connectivity index (χ1) is 6.76. The molecule has 1 heterocycles. The molecule has 0 radical (unpaired) electrons. The van der Waals surface area contributed by atoms with E-state index in [2.05, 4.69) is 23.7 Å². The monoisotopic (exact) mass is 212 g/mol. The maximum absolute atomic E-state index is 5.82. The molecule has 0 fully saturated rings. The number of hydrogen-bond acceptors (Lipinski definition) is 2. The van der Waals surface area contributed by atoms with E-state index in [0.717, 1.165) is 25.3 Å². The molecule has 0 N–H and O–H groups in total. The molecule has 0 aromatic carbocycles. The first-order valence-electron chi connectivity index (χ1n) is 5.10. The SMILES string of the molecule is CCCN(CC)Cc1cccc(Cl)n1. The van der Waals surface area contributed by atoms with Crippen LogP contribution in [0.25, 0.3) is 0 Å². The van der Waals surface area contributed by atoms with Crippen molar-refractivity contribution in [3.63, 3.8) is 0 Å². The van der Waals surface area contributed by atoms with E-state index >= 15 is 0 Å². The summed E-state index contributed by atoms with van der Waals surface area (Å²) in [5.41, 5.74) is 1.05. The second kappa shape index (κ2) is 5.99. The van der Waals surface area contributed by atoms with E-state index in [1.165, 1.54) is 6.42 Å². The van der Waals surface area contributed by atoms with Crippen molar-refractivity contribution in [1.82, 2.24) is 9.88 Å². The molecule has 1 rings (SSSR count). The van der Waals surface area contributed by atoms with Crippen molar-refractivity contribution in [2.75, 3.05) is 13.1 Å². The van der Waals surface area contributed by atoms with Crippen LogP contribution in [0.4, 0.5) is 0 Å². The third-order valence-electron chi connectivity index (χ3n) is 2.15. The molecule has 0 atom stereocenters. The summed E-state index contributed by atoms with van der Waals surface area (Å²) in [4.78, 5) is 6.63. The van der Waals surface area contributed by atoms with Crippen molar-refractivity contribution in [3.8, 4) is 0 Å². The van der Waals surface area contributed by atoms with Crippen LogP contribution < -0.4 is 0 Å². The molecular formula is C11H17ClN2. The highest BCUT2D eigenvalue weighted by Gasteiger charge is 2.03. The Morgan fingerprint density at radius 3 is 2.71 bits per heavy atom. The van der Waals surface area contributed by atoms with Crippen LogP contribution in [0.5, 0.6) is 0 Å². The second-order valence-corrected chi connectivity index (χ2v) is 3.71. The summed E-state index contributed by atoms with van der Waals surface area (Å²) in [6.07, 6.45) is 1.18. The van der Waals surface area contributed by atoms with Gasteiger partial charge in [0.2, 0.25) is 0 Å². The molecule has 1 aromatic heterocycles. The van der Waals surface area contributed by atoms with Gasteiger partial charge in [0.25, 0.3) is 0 Å². The zero-order valence-electron chi connectivity index (χ0n) is 8.83. The lowest BCUT2D eigenvalue weighted by atomic mass is 10.3. The van der Waals surface area contributed by atoms with Crippen LogP contribution in [0, 0.1) is 0 Å². The molecule has 0 aliphatic rings. The first kappa shape index (κ1) is 11.5. The predicted molar refractivity (Wildman–Crippen MR) is 60.5 cm³/mol. The summed E-state index contributed by atoms with van der Waals surface area (Å²) >= 11 is 5.82. The molecule has 0 saturated carbocycles. The summed E-state index contributed by atoms with van der Waals surface area (Å²) in [6, 6.07) is 5.77. The summed E-state index contributed by atoms with van der Waals surface area (Å²) in [5.74, 6) is 0. The lowest BCUT2D eigenvalue weighted by Crippen LogP contribution is -2.24. The van der Waals surface area contributed by atoms with Gasteiger partial charge in [-0.2, -0.15) is 0 Å². The Bertz CT molecular complexity index is 276. The molecule has 0 unspecified atom stereocenters. The van der Waals surface area contributed by atoms with E-state index in [0.29, 0.717) is 5.15 Å². The largest absolute Gasteiger partial charge is 0.298 e. The van der Waals surface area contributed by atoms with Gasteiger partial charge in [0, 0.05) is 6.54 Å². The highest BCUT2D eigenvalue weighted by atomic mass is 35.5. The molecule has 14 heavy (non-hydrogen) atoms. The van der Waals surface area contributed by atoms with Gasteiger partial charge in [0.15, 0.2) is 0 Å². The van der Waals surface area contributed by atoms with E-state index in [9.17, 15) is 0 Å². The molecule has 0 aliphatic carbocycles. The van der Waals surface area contributed by atoms with Crippen molar-refractivity contribution < 1.29 is 0 Å². The number of hydrogen-bond donors (Lipinski definition) is 0. The Kier molecular flexibility index (Phi) is 4.91. The van der Waals surface area contributed by atoms with Crippen LogP contribution in [0.3, 0.4) is 0 Å². The molecule has 0 amide bonds. The lowest BCUT2D eigenvalue weighted by molar-refractivity contribution is 0.277. The fourth-order valence-corrected chi connectivity index (χ4v) is 1.61. The highest BCUT2D eigenvalue weighted by molar-refractivity contribution is 6.29. The third-order valence-corrected chi connectivity index (χ3v) is 2.36. The van der Waals surface area contributed by atoms with Gasteiger partial charge < -0.3 is 0 Å². The van der Waals surface area contributed by atoms with Crippen LogP contribution in [-0.2, 0) is 6.54 Å². The molecule has 0 saturated heterocycles. The Morgan fingerprint density at radius 2 is 2.14 bits per heavy atom. The molecule has 0 bridgehead atoms. The number of pyridine rings is 1. The quantitative estimate of drug-likeness (QED) is 0.698. The average molecular weight is 213 g/mol. The van der Waals surface area contributed by atoms with Gasteiger partial charge >= 0.3 is 0 Å². The average Bonchev–Trinajstić information content (AvgIpc) is 2.17. The number of halogens is 1. The first-order valence-corrected chi connectivity index (χ1v) is 5.47. The van der Waals surface area contributed by atoms with Gasteiger partial charge in [-0.1, -0.05) is 31.5 Å². The van der Waals surface area contributed by atoms with Crippen molar-refractivity contribution in [3.05, 3.63) is 29.0 Å². The molecular weight excluding hydrogens is 196 g/mol. The molecule has 0 spiro atoms. The van der Waals surface area contributed by atoms with Gasteiger partial charge in [0.05, 0.1) is 5.69 Å². The lowest BCUT2D eigenvalue weighted by Gasteiger charge is -2.18. The Hall–Kier alpha value is -0.600. The third kappa shape index (κ3) is 3.64. The minimum Gasteiger partial charge on any atom is -0.298 e. The number of nitrogens with zero attached hydrogens (tertiary/aromatic N) is 2. The highest BCUT2D eigenvalue weighted by Crippen LogP contribution is 2.07. The van der Waals surface area contributed by atoms with E-state index in [1.807, 2.05) is 12.1 Å². The van der Waals surface area contributed by atoms with Gasteiger partial charge in [-0.25, -0.2) is 4.98 Å². The minimum atomic E-state index is 0.579. The predicted octanol–water partition coefficient (Wildman–Crippen LogP) is 2.97. The van der Waals surface area contributed by atoms with E-state index < -0.39 is 0 Å². The van der Waals surface area contributed by atoms with Gasteiger partial charge in [0.1, 0.15) is 5.15 Å². The standard InChI is InChI=1S/C11H17ClN2/c1-3-8-14(4-2)9-10-6-5-7-11(12)13-10/h5-7H,3-4,8-9H2,1-2H3. The summed E-state index contributed by atoms with van der Waals surface area (Å²) in [6.45, 7) is 7.42.